The third kappa shape index (κ3) is 3.12. The lowest BCUT2D eigenvalue weighted by atomic mass is 9.98. The fourth-order valence-corrected chi connectivity index (χ4v) is 1.26. The quantitative estimate of drug-likeness (QED) is 0.550. The predicted molar refractivity (Wildman–Crippen MR) is 51.3 cm³/mol. The molecule has 0 radical (unpaired) electrons. The molecule has 3 nitrogen and oxygen atoms in total. The highest BCUT2D eigenvalue weighted by Gasteiger charge is 2.08. The first-order valence-electron chi connectivity index (χ1n) is 4.47. The number of hydrogen-bond donors (Lipinski definition) is 0. The molecule has 0 aliphatic heterocycles. The van der Waals surface area contributed by atoms with Gasteiger partial charge in [0.25, 0.3) is 0 Å². The maximum absolute atomic E-state index is 12.6. The van der Waals surface area contributed by atoms with Gasteiger partial charge in [0, 0.05) is 11.3 Å². The van der Waals surface area contributed by atoms with Gasteiger partial charge in [-0.3, -0.25) is 10.1 Å². The van der Waals surface area contributed by atoms with E-state index in [1.165, 1.54) is 12.1 Å². The van der Waals surface area contributed by atoms with Crippen LogP contribution in [0, 0.1) is 15.9 Å². The Morgan fingerprint density at radius 2 is 2.00 bits per heavy atom. The van der Waals surface area contributed by atoms with E-state index in [-0.39, 0.29) is 23.2 Å². The van der Waals surface area contributed by atoms with E-state index in [0.29, 0.717) is 6.42 Å². The van der Waals surface area contributed by atoms with Crippen LogP contribution in [0.2, 0.25) is 0 Å². The maximum Gasteiger partial charge on any atom is 0.204 e. The molecule has 1 atom stereocenters. The monoisotopic (exact) mass is 197 g/mol. The summed E-state index contributed by atoms with van der Waals surface area (Å²) in [7, 11) is 0. The lowest BCUT2D eigenvalue weighted by molar-refractivity contribution is -0.480. The molecule has 0 heterocycles. The minimum Gasteiger partial charge on any atom is -0.265 e. The molecular weight excluding hydrogens is 185 g/mol. The van der Waals surface area contributed by atoms with Crippen molar-refractivity contribution in [3.05, 3.63) is 45.8 Å². The molecule has 0 fully saturated rings. The number of hydrogen-bond acceptors (Lipinski definition) is 2. The second-order valence-electron chi connectivity index (χ2n) is 3.30. The van der Waals surface area contributed by atoms with E-state index < -0.39 is 0 Å². The zero-order valence-electron chi connectivity index (χ0n) is 7.94. The Kier molecular flexibility index (Phi) is 3.56. The van der Waals surface area contributed by atoms with E-state index in [0.717, 1.165) is 5.56 Å². The van der Waals surface area contributed by atoms with E-state index in [2.05, 4.69) is 0 Å². The van der Waals surface area contributed by atoms with Crippen molar-refractivity contribution in [1.82, 2.24) is 0 Å². The molecule has 0 spiro atoms. The largest absolute Gasteiger partial charge is 0.265 e. The summed E-state index contributed by atoms with van der Waals surface area (Å²) in [5.74, 6) is -0.184. The number of nitro groups is 1. The van der Waals surface area contributed by atoms with Crippen molar-refractivity contribution in [2.45, 2.75) is 19.3 Å². The fourth-order valence-electron chi connectivity index (χ4n) is 1.26. The van der Waals surface area contributed by atoms with Crippen molar-refractivity contribution in [3.63, 3.8) is 0 Å². The van der Waals surface area contributed by atoms with Gasteiger partial charge in [-0.1, -0.05) is 19.1 Å². The van der Waals surface area contributed by atoms with Crippen molar-refractivity contribution >= 4 is 0 Å². The van der Waals surface area contributed by atoms with E-state index in [9.17, 15) is 14.5 Å². The summed E-state index contributed by atoms with van der Waals surface area (Å²) < 4.78 is 12.6. The van der Waals surface area contributed by atoms with Crippen LogP contribution in [-0.4, -0.2) is 11.5 Å². The summed E-state index contributed by atoms with van der Waals surface area (Å²) in [6, 6.07) is 6.08. The minimum absolute atomic E-state index is 0.0431. The average molecular weight is 197 g/mol. The molecule has 4 heteroatoms. The third-order valence-electron chi connectivity index (χ3n) is 2.18. The highest BCUT2D eigenvalue weighted by Crippen LogP contribution is 2.18. The van der Waals surface area contributed by atoms with Crippen molar-refractivity contribution in [2.75, 3.05) is 6.54 Å². The Morgan fingerprint density at radius 3 is 2.50 bits per heavy atom. The molecule has 14 heavy (non-hydrogen) atoms. The van der Waals surface area contributed by atoms with Crippen molar-refractivity contribution in [1.29, 1.82) is 0 Å². The molecule has 76 valence electrons. The van der Waals surface area contributed by atoms with Gasteiger partial charge in [0.05, 0.1) is 0 Å². The first-order chi connectivity index (χ1) is 6.59. The van der Waals surface area contributed by atoms with E-state index >= 15 is 0 Å². The summed E-state index contributed by atoms with van der Waals surface area (Å²) in [6.07, 6.45) is 0.485. The molecule has 0 saturated carbocycles. The molecule has 1 aromatic carbocycles. The molecule has 1 aromatic rings. The van der Waals surface area contributed by atoms with Crippen LogP contribution >= 0.6 is 0 Å². The molecule has 1 unspecified atom stereocenters. The summed E-state index contributed by atoms with van der Waals surface area (Å²) in [6.45, 7) is 1.86. The Hall–Kier alpha value is -1.45. The predicted octanol–water partition coefficient (Wildman–Crippen LogP) is 2.60. The molecule has 0 N–H and O–H groups in total. The molecule has 0 bridgehead atoms. The second kappa shape index (κ2) is 4.69. The van der Waals surface area contributed by atoms with Crippen LogP contribution < -0.4 is 0 Å². The van der Waals surface area contributed by atoms with E-state index in [1.54, 1.807) is 12.1 Å². The van der Waals surface area contributed by atoms with Crippen molar-refractivity contribution in [2.24, 2.45) is 0 Å². The topological polar surface area (TPSA) is 43.1 Å². The zero-order chi connectivity index (χ0) is 10.6. The van der Waals surface area contributed by atoms with Gasteiger partial charge in [-0.15, -0.1) is 0 Å². The first-order valence-corrected chi connectivity index (χ1v) is 4.47. The van der Waals surface area contributed by atoms with E-state index in [4.69, 9.17) is 0 Å². The lowest BCUT2D eigenvalue weighted by Crippen LogP contribution is -2.05. The maximum atomic E-state index is 12.6. The number of halogens is 1. The van der Waals surface area contributed by atoms with Crippen molar-refractivity contribution < 1.29 is 9.31 Å². The van der Waals surface area contributed by atoms with Gasteiger partial charge in [0.15, 0.2) is 0 Å². The summed E-state index contributed by atoms with van der Waals surface area (Å²) >= 11 is 0. The molecule has 0 aliphatic carbocycles. The van der Waals surface area contributed by atoms with Gasteiger partial charge in [-0.2, -0.15) is 0 Å². The highest BCUT2D eigenvalue weighted by molar-refractivity contribution is 5.19. The van der Waals surface area contributed by atoms with Gasteiger partial charge in [0.1, 0.15) is 5.82 Å². The van der Waals surface area contributed by atoms with Gasteiger partial charge in [-0.05, 0) is 23.6 Å². The van der Waals surface area contributed by atoms with Crippen LogP contribution in [0.15, 0.2) is 24.3 Å². The van der Waals surface area contributed by atoms with Gasteiger partial charge in [-0.25, -0.2) is 4.39 Å². The van der Waals surface area contributed by atoms with Crippen LogP contribution in [-0.2, 0) is 0 Å². The summed E-state index contributed by atoms with van der Waals surface area (Å²) in [5, 5.41) is 10.1. The van der Waals surface area contributed by atoms with Gasteiger partial charge in [0.2, 0.25) is 6.54 Å². The molecule has 1 rings (SSSR count). The number of rotatable bonds is 4. The Morgan fingerprint density at radius 1 is 1.43 bits per heavy atom. The highest BCUT2D eigenvalue weighted by atomic mass is 19.1. The van der Waals surface area contributed by atoms with E-state index in [1.807, 2.05) is 6.92 Å². The van der Waals surface area contributed by atoms with Crippen LogP contribution in [0.4, 0.5) is 4.39 Å². The zero-order valence-corrected chi connectivity index (χ0v) is 7.94. The first kappa shape index (κ1) is 10.6. The molecule has 0 aliphatic rings. The Bertz CT molecular complexity index is 310. The lowest BCUT2D eigenvalue weighted by Gasteiger charge is -2.08. The Balaban J connectivity index is 2.56. The standard InChI is InChI=1S/C10H12FNO2/c1-8(6-7-12(13)14)9-2-4-10(11)5-3-9/h2-5,8H,6-7H2,1H3. The minimum atomic E-state index is -0.333. The van der Waals surface area contributed by atoms with Gasteiger partial charge < -0.3 is 0 Å². The normalized spacial score (nSPS) is 12.4. The van der Waals surface area contributed by atoms with Crippen molar-refractivity contribution in [3.8, 4) is 0 Å². The summed E-state index contributed by atoms with van der Waals surface area (Å²) in [4.78, 5) is 9.80. The van der Waals surface area contributed by atoms with Gasteiger partial charge >= 0.3 is 0 Å². The smallest absolute Gasteiger partial charge is 0.204 e. The fraction of sp³-hybridized carbons (Fsp3) is 0.400. The van der Waals surface area contributed by atoms with Crippen LogP contribution in [0.1, 0.15) is 24.8 Å². The molecular formula is C10H12FNO2. The summed E-state index contributed by atoms with van der Waals surface area (Å²) in [5.41, 5.74) is 0.938. The molecule has 0 saturated heterocycles. The van der Waals surface area contributed by atoms with Crippen LogP contribution in [0.5, 0.6) is 0 Å². The Labute approximate surface area is 81.7 Å². The molecule has 0 amide bonds. The van der Waals surface area contributed by atoms with Crippen LogP contribution in [0.3, 0.4) is 0 Å². The van der Waals surface area contributed by atoms with Crippen LogP contribution in [0.25, 0.3) is 0 Å². The second-order valence-corrected chi connectivity index (χ2v) is 3.30. The number of nitrogens with zero attached hydrogens (tertiary/aromatic N) is 1. The average Bonchev–Trinajstić information content (AvgIpc) is 2.15. The third-order valence-corrected chi connectivity index (χ3v) is 2.18. The number of benzene rings is 1. The SMILES string of the molecule is CC(CC[N+](=O)[O-])c1ccc(F)cc1. The molecule has 0 aromatic heterocycles.